The molecule has 1 rings (SSSR count). The second-order valence-electron chi connectivity index (χ2n) is 3.28. The number of hydrogen-bond acceptors (Lipinski definition) is 3. The van der Waals surface area contributed by atoms with Gasteiger partial charge in [-0.25, -0.2) is 10.3 Å². The molecule has 0 aliphatic heterocycles. The highest BCUT2D eigenvalue weighted by Gasteiger charge is 2.04. The fraction of sp³-hybridized carbons (Fsp3) is 0.455. The van der Waals surface area contributed by atoms with Gasteiger partial charge in [0.05, 0.1) is 13.7 Å². The van der Waals surface area contributed by atoms with E-state index in [1.165, 1.54) is 12.1 Å². The van der Waals surface area contributed by atoms with Gasteiger partial charge in [-0.15, -0.1) is 0 Å². The molecule has 0 amide bonds. The van der Waals surface area contributed by atoms with Crippen molar-refractivity contribution in [2.45, 2.75) is 19.3 Å². The maximum absolute atomic E-state index is 13.0. The molecular weight excluding hydrogens is 197 g/mol. The number of rotatable bonds is 6. The van der Waals surface area contributed by atoms with Crippen LogP contribution < -0.4 is 10.6 Å². The number of unbranched alkanes of at least 4 members (excludes halogenated alkanes) is 1. The predicted molar refractivity (Wildman–Crippen MR) is 56.0 cm³/mol. The fourth-order valence-corrected chi connectivity index (χ4v) is 1.44. The molecule has 2 N–H and O–H groups in total. The predicted octanol–water partition coefficient (Wildman–Crippen LogP) is 2.05. The smallest absolute Gasteiger partial charge is 0.123 e. The molecule has 0 aromatic heterocycles. The van der Waals surface area contributed by atoms with E-state index < -0.39 is 0 Å². The van der Waals surface area contributed by atoms with E-state index in [2.05, 4.69) is 4.84 Å². The average molecular weight is 213 g/mol. The van der Waals surface area contributed by atoms with E-state index in [4.69, 9.17) is 10.6 Å². The second-order valence-corrected chi connectivity index (χ2v) is 3.28. The quantitative estimate of drug-likeness (QED) is 0.581. The highest BCUT2D eigenvalue weighted by Crippen LogP contribution is 2.21. The van der Waals surface area contributed by atoms with Gasteiger partial charge in [-0.1, -0.05) is 0 Å². The lowest BCUT2D eigenvalue weighted by Gasteiger charge is -2.08. The van der Waals surface area contributed by atoms with Gasteiger partial charge in [-0.3, -0.25) is 0 Å². The molecule has 0 atom stereocenters. The summed E-state index contributed by atoms with van der Waals surface area (Å²) in [6.07, 6.45) is 2.53. The zero-order chi connectivity index (χ0) is 11.1. The summed E-state index contributed by atoms with van der Waals surface area (Å²) in [4.78, 5) is 4.45. The van der Waals surface area contributed by atoms with E-state index in [0.717, 1.165) is 30.6 Å². The lowest BCUT2D eigenvalue weighted by atomic mass is 10.1. The van der Waals surface area contributed by atoms with Crippen molar-refractivity contribution < 1.29 is 14.0 Å². The first kappa shape index (κ1) is 11.9. The minimum Gasteiger partial charge on any atom is -0.496 e. The van der Waals surface area contributed by atoms with E-state index in [1.807, 2.05) is 0 Å². The highest BCUT2D eigenvalue weighted by molar-refractivity contribution is 5.33. The average Bonchev–Trinajstić information content (AvgIpc) is 2.25. The van der Waals surface area contributed by atoms with Crippen LogP contribution in [0.25, 0.3) is 0 Å². The van der Waals surface area contributed by atoms with E-state index in [9.17, 15) is 4.39 Å². The Morgan fingerprint density at radius 2 is 2.13 bits per heavy atom. The third kappa shape index (κ3) is 3.85. The zero-order valence-corrected chi connectivity index (χ0v) is 8.83. The summed E-state index contributed by atoms with van der Waals surface area (Å²) in [7, 11) is 1.58. The zero-order valence-electron chi connectivity index (χ0n) is 8.83. The van der Waals surface area contributed by atoms with E-state index >= 15 is 0 Å². The number of aryl methyl sites for hydroxylation is 1. The molecule has 0 aliphatic carbocycles. The molecule has 1 aromatic carbocycles. The third-order valence-corrected chi connectivity index (χ3v) is 2.20. The third-order valence-electron chi connectivity index (χ3n) is 2.20. The maximum Gasteiger partial charge on any atom is 0.123 e. The van der Waals surface area contributed by atoms with Crippen LogP contribution in [0.2, 0.25) is 0 Å². The standard InChI is InChI=1S/C11H16FNO2/c1-14-11-6-5-10(12)8-9(11)4-2-3-7-15-13/h5-6,8H,2-4,7,13H2,1H3. The van der Waals surface area contributed by atoms with Crippen molar-refractivity contribution >= 4 is 0 Å². The van der Waals surface area contributed by atoms with Crippen molar-refractivity contribution in [2.24, 2.45) is 5.90 Å². The summed E-state index contributed by atoms with van der Waals surface area (Å²) in [6, 6.07) is 4.54. The first-order valence-corrected chi connectivity index (χ1v) is 4.92. The van der Waals surface area contributed by atoms with Crippen LogP contribution in [-0.2, 0) is 11.3 Å². The molecule has 3 nitrogen and oxygen atoms in total. The molecule has 1 aromatic rings. The van der Waals surface area contributed by atoms with Crippen molar-refractivity contribution in [3.05, 3.63) is 29.6 Å². The van der Waals surface area contributed by atoms with Crippen LogP contribution in [-0.4, -0.2) is 13.7 Å². The summed E-state index contributed by atoms with van der Waals surface area (Å²) in [6.45, 7) is 0.525. The summed E-state index contributed by atoms with van der Waals surface area (Å²) in [5.74, 6) is 5.40. The van der Waals surface area contributed by atoms with Gasteiger partial charge in [0.1, 0.15) is 11.6 Å². The molecule has 0 unspecified atom stereocenters. The maximum atomic E-state index is 13.0. The van der Waals surface area contributed by atoms with Crippen molar-refractivity contribution in [1.29, 1.82) is 0 Å². The first-order valence-electron chi connectivity index (χ1n) is 4.92. The molecule has 15 heavy (non-hydrogen) atoms. The number of nitrogens with two attached hydrogens (primary N) is 1. The topological polar surface area (TPSA) is 44.5 Å². The molecule has 0 heterocycles. The fourth-order valence-electron chi connectivity index (χ4n) is 1.44. The van der Waals surface area contributed by atoms with Crippen LogP contribution in [0.1, 0.15) is 18.4 Å². The van der Waals surface area contributed by atoms with Gasteiger partial charge < -0.3 is 9.57 Å². The van der Waals surface area contributed by atoms with Crippen LogP contribution in [0, 0.1) is 5.82 Å². The van der Waals surface area contributed by atoms with E-state index in [0.29, 0.717) is 6.61 Å². The van der Waals surface area contributed by atoms with Crippen LogP contribution in [0.5, 0.6) is 5.75 Å². The summed E-state index contributed by atoms with van der Waals surface area (Å²) >= 11 is 0. The van der Waals surface area contributed by atoms with Gasteiger partial charge in [0, 0.05) is 0 Å². The Morgan fingerprint density at radius 1 is 1.33 bits per heavy atom. The van der Waals surface area contributed by atoms with Crippen molar-refractivity contribution in [1.82, 2.24) is 0 Å². The molecule has 0 radical (unpaired) electrons. The lowest BCUT2D eigenvalue weighted by molar-refractivity contribution is 0.134. The molecular formula is C11H16FNO2. The molecule has 4 heteroatoms. The van der Waals surface area contributed by atoms with Crippen LogP contribution >= 0.6 is 0 Å². The minimum atomic E-state index is -0.235. The molecule has 0 saturated carbocycles. The molecule has 0 fully saturated rings. The van der Waals surface area contributed by atoms with Crippen LogP contribution in [0.3, 0.4) is 0 Å². The van der Waals surface area contributed by atoms with E-state index in [-0.39, 0.29) is 5.82 Å². The summed E-state index contributed by atoms with van der Waals surface area (Å²) in [5.41, 5.74) is 0.884. The van der Waals surface area contributed by atoms with Gasteiger partial charge in [-0.05, 0) is 43.0 Å². The highest BCUT2D eigenvalue weighted by atomic mass is 19.1. The Kier molecular flexibility index (Phi) is 5.07. The summed E-state index contributed by atoms with van der Waals surface area (Å²) < 4.78 is 18.1. The van der Waals surface area contributed by atoms with Gasteiger partial charge in [0.2, 0.25) is 0 Å². The monoisotopic (exact) mass is 213 g/mol. The van der Waals surface area contributed by atoms with Gasteiger partial charge in [0.15, 0.2) is 0 Å². The number of ether oxygens (including phenoxy) is 1. The van der Waals surface area contributed by atoms with Crippen molar-refractivity contribution in [2.75, 3.05) is 13.7 Å². The minimum absolute atomic E-state index is 0.235. The van der Waals surface area contributed by atoms with Crippen LogP contribution in [0.15, 0.2) is 18.2 Å². The number of hydrogen-bond donors (Lipinski definition) is 1. The molecule has 0 spiro atoms. The Labute approximate surface area is 88.9 Å². The number of halogens is 1. The lowest BCUT2D eigenvalue weighted by Crippen LogP contribution is -2.01. The first-order chi connectivity index (χ1) is 7.27. The number of benzene rings is 1. The second kappa shape index (κ2) is 6.37. The van der Waals surface area contributed by atoms with Crippen LogP contribution in [0.4, 0.5) is 4.39 Å². The Balaban J connectivity index is 2.54. The van der Waals surface area contributed by atoms with Crippen molar-refractivity contribution in [3.63, 3.8) is 0 Å². The molecule has 0 bridgehead atoms. The summed E-state index contributed by atoms with van der Waals surface area (Å²) in [5, 5.41) is 0. The molecule has 0 aliphatic rings. The Bertz CT molecular complexity index is 305. The van der Waals surface area contributed by atoms with E-state index in [1.54, 1.807) is 13.2 Å². The Morgan fingerprint density at radius 3 is 2.80 bits per heavy atom. The Hall–Kier alpha value is -1.13. The van der Waals surface area contributed by atoms with Gasteiger partial charge in [-0.2, -0.15) is 0 Å². The number of methoxy groups -OCH3 is 1. The van der Waals surface area contributed by atoms with Gasteiger partial charge in [0.25, 0.3) is 0 Å². The largest absolute Gasteiger partial charge is 0.496 e. The van der Waals surface area contributed by atoms with Gasteiger partial charge >= 0.3 is 0 Å². The molecule has 84 valence electrons. The normalized spacial score (nSPS) is 10.3. The SMILES string of the molecule is COc1ccc(F)cc1CCCCON. The van der Waals surface area contributed by atoms with Crippen molar-refractivity contribution in [3.8, 4) is 5.75 Å². The molecule has 0 saturated heterocycles.